The number of hydrogen-bond acceptors (Lipinski definition) is 4. The largest absolute Gasteiger partial charge is 0.461 e. The van der Waals surface area contributed by atoms with Crippen LogP contribution in [0.1, 0.15) is 55.2 Å². The highest BCUT2D eigenvalue weighted by molar-refractivity contribution is 5.87. The van der Waals surface area contributed by atoms with Gasteiger partial charge in [-0.1, -0.05) is 13.8 Å². The highest BCUT2D eigenvalue weighted by atomic mass is 16.5. The van der Waals surface area contributed by atoms with Gasteiger partial charge in [0, 0.05) is 18.7 Å². The van der Waals surface area contributed by atoms with Crippen molar-refractivity contribution in [2.75, 3.05) is 13.2 Å². The summed E-state index contributed by atoms with van der Waals surface area (Å²) in [4.78, 5) is 11.7. The molecule has 5 heteroatoms. The zero-order valence-electron chi connectivity index (χ0n) is 10.9. The highest BCUT2D eigenvalue weighted by Crippen LogP contribution is 2.16. The van der Waals surface area contributed by atoms with E-state index in [0.717, 1.165) is 31.6 Å². The average Bonchev–Trinajstić information content (AvgIpc) is 2.99. The van der Waals surface area contributed by atoms with E-state index in [0.29, 0.717) is 18.2 Å². The molecule has 1 aromatic heterocycles. The molecule has 2 rings (SSSR count). The number of rotatable bonds is 5. The van der Waals surface area contributed by atoms with Crippen LogP contribution in [0.15, 0.2) is 6.07 Å². The van der Waals surface area contributed by atoms with Gasteiger partial charge in [-0.15, -0.1) is 0 Å². The summed E-state index contributed by atoms with van der Waals surface area (Å²) in [5.74, 6) is -0.0397. The first-order chi connectivity index (χ1) is 8.66. The Bertz CT molecular complexity index is 395. The monoisotopic (exact) mass is 252 g/mol. The molecular weight excluding hydrogens is 232 g/mol. The Morgan fingerprint density at radius 2 is 2.50 bits per heavy atom. The lowest BCUT2D eigenvalue weighted by Gasteiger charge is -2.08. The predicted octanol–water partition coefficient (Wildman–Crippen LogP) is 2.26. The second-order valence-electron chi connectivity index (χ2n) is 4.92. The first-order valence-electron chi connectivity index (χ1n) is 6.51. The molecule has 18 heavy (non-hydrogen) atoms. The smallest absolute Gasteiger partial charge is 0.358 e. The minimum atomic E-state index is -0.365. The lowest BCUT2D eigenvalue weighted by atomic mass is 10.1. The van der Waals surface area contributed by atoms with Crippen LogP contribution in [0, 0.1) is 0 Å². The van der Waals surface area contributed by atoms with Crippen LogP contribution in [-0.2, 0) is 9.47 Å². The Morgan fingerprint density at radius 1 is 1.67 bits per heavy atom. The van der Waals surface area contributed by atoms with Crippen LogP contribution in [0.25, 0.3) is 0 Å². The lowest BCUT2D eigenvalue weighted by Crippen LogP contribution is -2.13. The molecule has 1 aliphatic rings. The van der Waals surface area contributed by atoms with E-state index in [-0.39, 0.29) is 12.1 Å². The Balaban J connectivity index is 1.76. The maximum atomic E-state index is 11.7. The van der Waals surface area contributed by atoms with Gasteiger partial charge in [-0.05, 0) is 24.8 Å². The van der Waals surface area contributed by atoms with Crippen LogP contribution >= 0.6 is 0 Å². The first-order valence-corrected chi connectivity index (χ1v) is 6.51. The van der Waals surface area contributed by atoms with Crippen molar-refractivity contribution in [1.29, 1.82) is 0 Å². The molecular formula is C13H20N2O3. The summed E-state index contributed by atoms with van der Waals surface area (Å²) >= 11 is 0. The fourth-order valence-corrected chi connectivity index (χ4v) is 1.97. The van der Waals surface area contributed by atoms with Crippen molar-refractivity contribution in [3.63, 3.8) is 0 Å². The fourth-order valence-electron chi connectivity index (χ4n) is 1.97. The minimum Gasteiger partial charge on any atom is -0.461 e. The summed E-state index contributed by atoms with van der Waals surface area (Å²) in [6, 6.07) is 1.75. The number of carbonyl (C=O) groups is 1. The third-order valence-electron chi connectivity index (χ3n) is 3.13. The van der Waals surface area contributed by atoms with Gasteiger partial charge in [0.15, 0.2) is 5.69 Å². The fraction of sp³-hybridized carbons (Fsp3) is 0.692. The highest BCUT2D eigenvalue weighted by Gasteiger charge is 2.17. The lowest BCUT2D eigenvalue weighted by molar-refractivity contribution is 0.0380. The molecule has 0 amide bonds. The van der Waals surface area contributed by atoms with Crippen molar-refractivity contribution in [3.05, 3.63) is 17.5 Å². The number of aromatic nitrogens is 2. The normalized spacial score (nSPS) is 19.4. The van der Waals surface area contributed by atoms with Gasteiger partial charge in [-0.3, -0.25) is 5.10 Å². The van der Waals surface area contributed by atoms with E-state index < -0.39 is 0 Å². The first kappa shape index (κ1) is 13.1. The van der Waals surface area contributed by atoms with Gasteiger partial charge >= 0.3 is 5.97 Å². The number of nitrogens with one attached hydrogen (secondary N) is 1. The molecule has 1 aliphatic heterocycles. The van der Waals surface area contributed by atoms with E-state index in [1.165, 1.54) is 0 Å². The summed E-state index contributed by atoms with van der Waals surface area (Å²) < 4.78 is 10.6. The second-order valence-corrected chi connectivity index (χ2v) is 4.92. The third-order valence-corrected chi connectivity index (χ3v) is 3.13. The summed E-state index contributed by atoms with van der Waals surface area (Å²) in [6.45, 7) is 5.31. The molecule has 2 heterocycles. The van der Waals surface area contributed by atoms with E-state index in [2.05, 4.69) is 10.2 Å². The molecule has 0 saturated carbocycles. The van der Waals surface area contributed by atoms with E-state index in [1.807, 2.05) is 13.8 Å². The van der Waals surface area contributed by atoms with Gasteiger partial charge in [0.1, 0.15) is 0 Å². The van der Waals surface area contributed by atoms with E-state index in [9.17, 15) is 4.79 Å². The SMILES string of the molecule is CC(C)c1cc(C(=O)OCCC2CCCO2)n[nH]1. The summed E-state index contributed by atoms with van der Waals surface area (Å²) in [7, 11) is 0. The quantitative estimate of drug-likeness (QED) is 0.816. The van der Waals surface area contributed by atoms with Crippen molar-refractivity contribution < 1.29 is 14.3 Å². The Labute approximate surface area is 107 Å². The van der Waals surface area contributed by atoms with Gasteiger partial charge < -0.3 is 9.47 Å². The molecule has 0 aliphatic carbocycles. The van der Waals surface area contributed by atoms with Crippen molar-refractivity contribution in [2.45, 2.75) is 45.1 Å². The summed E-state index contributed by atoms with van der Waals surface area (Å²) in [5.41, 5.74) is 1.30. The van der Waals surface area contributed by atoms with E-state index >= 15 is 0 Å². The van der Waals surface area contributed by atoms with Gasteiger partial charge in [-0.25, -0.2) is 4.79 Å². The molecule has 0 radical (unpaired) electrons. The van der Waals surface area contributed by atoms with Gasteiger partial charge in [0.2, 0.25) is 0 Å². The number of esters is 1. The number of carbonyl (C=O) groups excluding carboxylic acids is 1. The molecule has 0 bridgehead atoms. The zero-order valence-corrected chi connectivity index (χ0v) is 10.9. The Hall–Kier alpha value is -1.36. The molecule has 1 N–H and O–H groups in total. The van der Waals surface area contributed by atoms with Crippen molar-refractivity contribution in [2.24, 2.45) is 0 Å². The Kier molecular flexibility index (Phi) is 4.36. The van der Waals surface area contributed by atoms with Crippen LogP contribution in [0.4, 0.5) is 0 Å². The van der Waals surface area contributed by atoms with Gasteiger partial charge in [0.25, 0.3) is 0 Å². The van der Waals surface area contributed by atoms with E-state index in [1.54, 1.807) is 6.07 Å². The third kappa shape index (κ3) is 3.32. The molecule has 1 unspecified atom stereocenters. The Morgan fingerprint density at radius 3 is 3.11 bits per heavy atom. The molecule has 1 aromatic rings. The number of aromatic amines is 1. The number of H-pyrrole nitrogens is 1. The number of hydrogen-bond donors (Lipinski definition) is 1. The number of nitrogens with zero attached hydrogens (tertiary/aromatic N) is 1. The van der Waals surface area contributed by atoms with Gasteiger partial charge in [-0.2, -0.15) is 5.10 Å². The van der Waals surface area contributed by atoms with Crippen molar-refractivity contribution in [1.82, 2.24) is 10.2 Å². The molecule has 0 spiro atoms. The topological polar surface area (TPSA) is 64.2 Å². The van der Waals surface area contributed by atoms with Crippen LogP contribution < -0.4 is 0 Å². The minimum absolute atomic E-state index is 0.253. The molecule has 1 fully saturated rings. The maximum absolute atomic E-state index is 11.7. The zero-order chi connectivity index (χ0) is 13.0. The summed E-state index contributed by atoms with van der Waals surface area (Å²) in [6.07, 6.45) is 3.20. The maximum Gasteiger partial charge on any atom is 0.358 e. The van der Waals surface area contributed by atoms with Crippen molar-refractivity contribution >= 4 is 5.97 Å². The second kappa shape index (κ2) is 6.00. The molecule has 5 nitrogen and oxygen atoms in total. The van der Waals surface area contributed by atoms with Crippen LogP contribution in [0.2, 0.25) is 0 Å². The molecule has 0 aromatic carbocycles. The van der Waals surface area contributed by atoms with Crippen molar-refractivity contribution in [3.8, 4) is 0 Å². The van der Waals surface area contributed by atoms with Gasteiger partial charge in [0.05, 0.1) is 12.7 Å². The average molecular weight is 252 g/mol. The van der Waals surface area contributed by atoms with Crippen LogP contribution in [0.3, 0.4) is 0 Å². The molecule has 100 valence electrons. The molecule has 1 saturated heterocycles. The standard InChI is InChI=1S/C13H20N2O3/c1-9(2)11-8-12(15-14-11)13(16)18-7-5-10-4-3-6-17-10/h8-10H,3-7H2,1-2H3,(H,14,15). The summed E-state index contributed by atoms with van der Waals surface area (Å²) in [5, 5.41) is 6.80. The van der Waals surface area contributed by atoms with Crippen LogP contribution in [0.5, 0.6) is 0 Å². The predicted molar refractivity (Wildman–Crippen MR) is 66.6 cm³/mol. The molecule has 1 atom stereocenters. The van der Waals surface area contributed by atoms with E-state index in [4.69, 9.17) is 9.47 Å². The van der Waals surface area contributed by atoms with Crippen LogP contribution in [-0.4, -0.2) is 35.5 Å². The number of ether oxygens (including phenoxy) is 2.